The number of hydrogen-bond donors (Lipinski definition) is 1. The Hall–Kier alpha value is -0.0200. The molecule has 0 aliphatic rings. The fourth-order valence-corrected chi connectivity index (χ4v) is 0.926. The van der Waals surface area contributed by atoms with Crippen molar-refractivity contribution < 1.29 is 4.79 Å². The molecule has 3 heteroatoms. The molecular formula is C5H10NOS. The molecule has 2 nitrogen and oxygen atoms in total. The van der Waals surface area contributed by atoms with Crippen LogP contribution >= 0.6 is 11.8 Å². The number of thioether (sulfide) groups is 1. The van der Waals surface area contributed by atoms with Gasteiger partial charge in [0.25, 0.3) is 0 Å². The highest BCUT2D eigenvalue weighted by Gasteiger charge is 1.97. The van der Waals surface area contributed by atoms with Crippen LogP contribution in [0.3, 0.4) is 0 Å². The highest BCUT2D eigenvalue weighted by Crippen LogP contribution is 1.95. The first-order valence-corrected chi connectivity index (χ1v) is 3.80. The van der Waals surface area contributed by atoms with Crippen molar-refractivity contribution >= 4 is 18.0 Å². The zero-order valence-electron chi connectivity index (χ0n) is 4.89. The fraction of sp³-hybridized carbons (Fsp3) is 0.800. The molecule has 0 aromatic heterocycles. The molecule has 0 bridgehead atoms. The minimum atomic E-state index is 0.00231. The first-order valence-electron chi connectivity index (χ1n) is 2.40. The lowest BCUT2D eigenvalue weighted by molar-refractivity contribution is 0.545. The van der Waals surface area contributed by atoms with E-state index in [1.807, 2.05) is 6.26 Å². The summed E-state index contributed by atoms with van der Waals surface area (Å²) in [5.74, 6) is 0.842. The first-order chi connectivity index (χ1) is 3.81. The Balaban J connectivity index is 3.03. The van der Waals surface area contributed by atoms with Gasteiger partial charge in [0.05, 0.1) is 0 Å². The Morgan fingerprint density at radius 1 is 1.88 bits per heavy atom. The Morgan fingerprint density at radius 3 is 2.88 bits per heavy atom. The van der Waals surface area contributed by atoms with Crippen molar-refractivity contribution in [1.82, 2.24) is 0 Å². The maximum absolute atomic E-state index is 9.68. The van der Waals surface area contributed by atoms with Crippen LogP contribution in [0.1, 0.15) is 6.42 Å². The van der Waals surface area contributed by atoms with Gasteiger partial charge in [-0.15, -0.1) is 0 Å². The van der Waals surface area contributed by atoms with E-state index in [0.717, 1.165) is 5.75 Å². The van der Waals surface area contributed by atoms with E-state index in [0.29, 0.717) is 6.42 Å². The summed E-state index contributed by atoms with van der Waals surface area (Å²) in [7, 11) is 0. The van der Waals surface area contributed by atoms with Gasteiger partial charge in [-0.25, -0.2) is 0 Å². The van der Waals surface area contributed by atoms with Gasteiger partial charge in [0.1, 0.15) is 0 Å². The highest BCUT2D eigenvalue weighted by molar-refractivity contribution is 7.98. The van der Waals surface area contributed by atoms with Crippen LogP contribution in [0.5, 0.6) is 0 Å². The molecule has 0 aliphatic heterocycles. The van der Waals surface area contributed by atoms with E-state index in [4.69, 9.17) is 5.73 Å². The molecule has 0 heterocycles. The third-order valence-corrected chi connectivity index (χ3v) is 1.49. The molecule has 0 rings (SSSR count). The van der Waals surface area contributed by atoms with Crippen LogP contribution in [0.15, 0.2) is 0 Å². The zero-order valence-corrected chi connectivity index (χ0v) is 5.70. The summed E-state index contributed by atoms with van der Waals surface area (Å²) < 4.78 is 0. The van der Waals surface area contributed by atoms with Crippen molar-refractivity contribution in [2.75, 3.05) is 12.0 Å². The smallest absolute Gasteiger partial charge is 0.200 e. The lowest BCUT2D eigenvalue weighted by Crippen LogP contribution is -2.22. The van der Waals surface area contributed by atoms with Gasteiger partial charge in [-0.05, 0) is 6.26 Å². The van der Waals surface area contributed by atoms with Gasteiger partial charge in [0, 0.05) is 18.2 Å². The van der Waals surface area contributed by atoms with E-state index >= 15 is 0 Å². The van der Waals surface area contributed by atoms with Gasteiger partial charge >= 0.3 is 0 Å². The van der Waals surface area contributed by atoms with Gasteiger partial charge in [-0.2, -0.15) is 11.8 Å². The van der Waals surface area contributed by atoms with Crippen molar-refractivity contribution in [2.24, 2.45) is 5.73 Å². The van der Waals surface area contributed by atoms with Gasteiger partial charge < -0.3 is 5.73 Å². The number of hydrogen-bond acceptors (Lipinski definition) is 3. The molecular weight excluding hydrogens is 122 g/mol. The van der Waals surface area contributed by atoms with Crippen molar-refractivity contribution in [3.05, 3.63) is 0 Å². The molecule has 1 radical (unpaired) electrons. The summed E-state index contributed by atoms with van der Waals surface area (Å²) in [6, 6.07) is 0.00231. The van der Waals surface area contributed by atoms with Gasteiger partial charge in [-0.3, -0.25) is 4.79 Å². The van der Waals surface area contributed by atoms with E-state index in [1.54, 1.807) is 18.0 Å². The monoisotopic (exact) mass is 132 g/mol. The topological polar surface area (TPSA) is 43.1 Å². The quantitative estimate of drug-likeness (QED) is 0.593. The summed E-state index contributed by atoms with van der Waals surface area (Å²) in [5, 5.41) is 0. The lowest BCUT2D eigenvalue weighted by atomic mass is 10.3. The molecule has 0 amide bonds. The molecule has 0 aromatic rings. The second-order valence-electron chi connectivity index (χ2n) is 1.56. The minimum absolute atomic E-state index is 0.00231. The summed E-state index contributed by atoms with van der Waals surface area (Å²) in [5.41, 5.74) is 5.41. The molecule has 0 spiro atoms. The number of carbonyl (C=O) groups excluding carboxylic acids is 1. The van der Waals surface area contributed by atoms with Crippen LogP contribution in [-0.4, -0.2) is 24.3 Å². The van der Waals surface area contributed by atoms with Crippen LogP contribution in [0.4, 0.5) is 0 Å². The third kappa shape index (κ3) is 4.15. The molecule has 0 aromatic carbocycles. The van der Waals surface area contributed by atoms with Gasteiger partial charge in [0.2, 0.25) is 0 Å². The normalized spacial score (nSPS) is 13.2. The fourth-order valence-electron chi connectivity index (χ4n) is 0.380. The van der Waals surface area contributed by atoms with Crippen molar-refractivity contribution in [2.45, 2.75) is 12.5 Å². The summed E-state index contributed by atoms with van der Waals surface area (Å²) in [4.78, 5) is 9.68. The van der Waals surface area contributed by atoms with E-state index in [9.17, 15) is 4.79 Å². The van der Waals surface area contributed by atoms with Crippen LogP contribution in [0.25, 0.3) is 0 Å². The number of rotatable bonds is 4. The Labute approximate surface area is 53.8 Å². The molecule has 0 saturated carbocycles. The third-order valence-electron chi connectivity index (χ3n) is 0.726. The van der Waals surface area contributed by atoms with E-state index < -0.39 is 0 Å². The van der Waals surface area contributed by atoms with E-state index in [-0.39, 0.29) is 6.04 Å². The second-order valence-corrected chi connectivity index (χ2v) is 2.47. The minimum Gasteiger partial charge on any atom is -0.327 e. The molecule has 0 unspecified atom stereocenters. The Kier molecular flexibility index (Phi) is 5.11. The highest BCUT2D eigenvalue weighted by atomic mass is 32.2. The van der Waals surface area contributed by atoms with Crippen molar-refractivity contribution in [3.8, 4) is 0 Å². The van der Waals surface area contributed by atoms with Crippen LogP contribution in [0, 0.1) is 0 Å². The van der Waals surface area contributed by atoms with E-state index in [2.05, 4.69) is 0 Å². The van der Waals surface area contributed by atoms with Gasteiger partial charge in [-0.1, -0.05) is 0 Å². The maximum Gasteiger partial charge on any atom is 0.200 e. The second kappa shape index (κ2) is 5.12. The molecule has 0 saturated heterocycles. The molecule has 8 heavy (non-hydrogen) atoms. The van der Waals surface area contributed by atoms with Crippen LogP contribution in [-0.2, 0) is 4.79 Å². The van der Waals surface area contributed by atoms with Crippen molar-refractivity contribution in [1.29, 1.82) is 0 Å². The number of nitrogens with two attached hydrogens (primary N) is 1. The van der Waals surface area contributed by atoms with Crippen LogP contribution < -0.4 is 5.73 Å². The zero-order chi connectivity index (χ0) is 6.41. The molecule has 2 N–H and O–H groups in total. The summed E-state index contributed by atoms with van der Waals surface area (Å²) >= 11 is 1.65. The van der Waals surface area contributed by atoms with Gasteiger partial charge in [0.15, 0.2) is 6.29 Å². The summed E-state index contributed by atoms with van der Waals surface area (Å²) in [6.45, 7) is 0. The average Bonchev–Trinajstić information content (AvgIpc) is 1.68. The standard InChI is InChI=1S/C5H10NOS/c1-8-4-5(6)2-3-7/h5H,2,4,6H2,1H3/t5-/m0/s1. The van der Waals surface area contributed by atoms with E-state index in [1.165, 1.54) is 0 Å². The molecule has 0 fully saturated rings. The Bertz CT molecular complexity index is 67.4. The first kappa shape index (κ1) is 7.98. The average molecular weight is 132 g/mol. The molecule has 0 aliphatic carbocycles. The maximum atomic E-state index is 9.68. The van der Waals surface area contributed by atoms with Crippen LogP contribution in [0.2, 0.25) is 0 Å². The predicted molar refractivity (Wildman–Crippen MR) is 36.7 cm³/mol. The Morgan fingerprint density at radius 2 is 2.50 bits per heavy atom. The summed E-state index contributed by atoms with van der Waals surface area (Å²) in [6.07, 6.45) is 4.09. The molecule has 47 valence electrons. The lowest BCUT2D eigenvalue weighted by Gasteiger charge is -2.01. The predicted octanol–water partition coefficient (Wildman–Crippen LogP) is 0.177. The molecule has 1 atom stereocenters. The largest absolute Gasteiger partial charge is 0.327 e. The SMILES string of the molecule is CSC[C@@H](N)C[C]=O. The van der Waals surface area contributed by atoms with Crippen molar-refractivity contribution in [3.63, 3.8) is 0 Å².